The molecule has 2 atom stereocenters. The number of hydrogen-bond acceptors (Lipinski definition) is 2. The lowest BCUT2D eigenvalue weighted by Crippen LogP contribution is -2.24. The Morgan fingerprint density at radius 3 is 2.26 bits per heavy atom. The van der Waals surface area contributed by atoms with Crippen molar-refractivity contribution in [1.29, 1.82) is 0 Å². The Hall–Kier alpha value is -2.42. The van der Waals surface area contributed by atoms with Crippen LogP contribution in [0.1, 0.15) is 37.3 Å². The van der Waals surface area contributed by atoms with Gasteiger partial charge in [-0.05, 0) is 29.4 Å². The zero-order valence-electron chi connectivity index (χ0n) is 13.6. The summed E-state index contributed by atoms with van der Waals surface area (Å²) in [6.07, 6.45) is 0.910. The molecule has 23 heavy (non-hydrogen) atoms. The summed E-state index contributed by atoms with van der Waals surface area (Å²) in [7, 11) is 0. The minimum atomic E-state index is 0.0212. The zero-order valence-corrected chi connectivity index (χ0v) is 13.6. The number of nitrogens with zero attached hydrogens (tertiary/aromatic N) is 1. The van der Waals surface area contributed by atoms with Crippen molar-refractivity contribution < 1.29 is 4.79 Å². The fourth-order valence-corrected chi connectivity index (χ4v) is 2.89. The van der Waals surface area contributed by atoms with Gasteiger partial charge < -0.3 is 0 Å². The number of nitrogens with one attached hydrogen (secondary N) is 1. The lowest BCUT2D eigenvalue weighted by atomic mass is 10.0. The molecule has 2 aromatic carbocycles. The van der Waals surface area contributed by atoms with Crippen LogP contribution in [-0.4, -0.2) is 11.6 Å². The maximum absolute atomic E-state index is 12.3. The van der Waals surface area contributed by atoms with E-state index < -0.39 is 0 Å². The summed E-state index contributed by atoms with van der Waals surface area (Å²) in [5.41, 5.74) is 5.98. The molecule has 1 saturated carbocycles. The Bertz CT molecular complexity index is 692. The van der Waals surface area contributed by atoms with Gasteiger partial charge in [-0.3, -0.25) is 4.79 Å². The van der Waals surface area contributed by atoms with Crippen LogP contribution < -0.4 is 5.43 Å². The average molecular weight is 306 g/mol. The van der Waals surface area contributed by atoms with E-state index in [1.54, 1.807) is 0 Å². The Labute approximate surface area is 137 Å². The van der Waals surface area contributed by atoms with Crippen LogP contribution >= 0.6 is 0 Å². The first-order valence-electron chi connectivity index (χ1n) is 8.14. The second-order valence-corrected chi connectivity index (χ2v) is 6.35. The van der Waals surface area contributed by atoms with Crippen LogP contribution in [0.2, 0.25) is 0 Å². The van der Waals surface area contributed by atoms with Crippen molar-refractivity contribution in [3.8, 4) is 0 Å². The average Bonchev–Trinajstić information content (AvgIpc) is 3.37. The first-order valence-corrected chi connectivity index (χ1v) is 8.14. The van der Waals surface area contributed by atoms with E-state index in [2.05, 4.69) is 36.5 Å². The van der Waals surface area contributed by atoms with Gasteiger partial charge in [0.1, 0.15) is 0 Å². The molecule has 1 fully saturated rings. The molecule has 3 nitrogen and oxygen atoms in total. The van der Waals surface area contributed by atoms with E-state index in [-0.39, 0.29) is 17.7 Å². The molecule has 2 aromatic rings. The number of amides is 1. The van der Waals surface area contributed by atoms with Crippen molar-refractivity contribution in [2.75, 3.05) is 0 Å². The molecule has 0 aliphatic heterocycles. The molecule has 0 heterocycles. The van der Waals surface area contributed by atoms with Gasteiger partial charge in [-0.2, -0.15) is 5.10 Å². The molecular formula is C20H22N2O. The molecule has 1 N–H and O–H groups in total. The summed E-state index contributed by atoms with van der Waals surface area (Å²) in [4.78, 5) is 12.3. The maximum Gasteiger partial charge on any atom is 0.243 e. The summed E-state index contributed by atoms with van der Waals surface area (Å²) in [6, 6.07) is 20.2. The first kappa shape index (κ1) is 15.5. The number of carbonyl (C=O) groups excluding carboxylic acids is 1. The van der Waals surface area contributed by atoms with Crippen molar-refractivity contribution in [3.05, 3.63) is 71.8 Å². The van der Waals surface area contributed by atoms with Gasteiger partial charge in [0.05, 0.1) is 5.71 Å². The quantitative estimate of drug-likeness (QED) is 0.659. The highest BCUT2D eigenvalue weighted by Gasteiger charge is 2.43. The molecule has 0 aromatic heterocycles. The summed E-state index contributed by atoms with van der Waals surface area (Å²) >= 11 is 0. The van der Waals surface area contributed by atoms with Crippen molar-refractivity contribution in [2.45, 2.75) is 26.2 Å². The van der Waals surface area contributed by atoms with Gasteiger partial charge >= 0.3 is 0 Å². The van der Waals surface area contributed by atoms with Gasteiger partial charge in [0.2, 0.25) is 5.91 Å². The molecule has 1 aliphatic carbocycles. The van der Waals surface area contributed by atoms with E-state index >= 15 is 0 Å². The van der Waals surface area contributed by atoms with Gasteiger partial charge in [-0.1, -0.05) is 74.5 Å². The highest BCUT2D eigenvalue weighted by atomic mass is 16.2. The molecule has 0 spiro atoms. The fraction of sp³-hybridized carbons (Fsp3) is 0.300. The molecule has 0 bridgehead atoms. The lowest BCUT2D eigenvalue weighted by molar-refractivity contribution is -0.122. The number of carbonyl (C=O) groups is 1. The summed E-state index contributed by atoms with van der Waals surface area (Å²) < 4.78 is 0. The van der Waals surface area contributed by atoms with Crippen molar-refractivity contribution in [2.24, 2.45) is 16.9 Å². The molecule has 0 saturated heterocycles. The first-order chi connectivity index (χ1) is 11.2. The fourth-order valence-electron chi connectivity index (χ4n) is 2.89. The zero-order chi connectivity index (χ0) is 16.2. The monoisotopic (exact) mass is 306 g/mol. The highest BCUT2D eigenvalue weighted by molar-refractivity contribution is 6.02. The van der Waals surface area contributed by atoms with Gasteiger partial charge in [-0.25, -0.2) is 5.43 Å². The Morgan fingerprint density at radius 2 is 1.65 bits per heavy atom. The predicted octanol–water partition coefficient (Wildman–Crippen LogP) is 3.97. The van der Waals surface area contributed by atoms with Crippen molar-refractivity contribution >= 4 is 11.6 Å². The minimum Gasteiger partial charge on any atom is -0.273 e. The van der Waals surface area contributed by atoms with Crippen LogP contribution in [0.15, 0.2) is 65.8 Å². The second-order valence-electron chi connectivity index (χ2n) is 6.35. The van der Waals surface area contributed by atoms with Gasteiger partial charge in [0, 0.05) is 5.92 Å². The topological polar surface area (TPSA) is 41.5 Å². The van der Waals surface area contributed by atoms with Crippen LogP contribution in [0.4, 0.5) is 0 Å². The van der Waals surface area contributed by atoms with Gasteiger partial charge in [-0.15, -0.1) is 0 Å². The van der Waals surface area contributed by atoms with Crippen LogP contribution in [0, 0.1) is 11.8 Å². The van der Waals surface area contributed by atoms with E-state index in [0.717, 1.165) is 17.7 Å². The minimum absolute atomic E-state index is 0.0212. The van der Waals surface area contributed by atoms with E-state index in [4.69, 9.17) is 0 Å². The Kier molecular flexibility index (Phi) is 4.56. The van der Waals surface area contributed by atoms with Crippen LogP contribution in [-0.2, 0) is 4.79 Å². The number of rotatable bonds is 5. The molecule has 0 unspecified atom stereocenters. The lowest BCUT2D eigenvalue weighted by Gasteiger charge is -2.10. The standard InChI is InChI=1S/C20H22N2O/c1-14(2)19(16-11-7-4-8-12-16)21-22-20(23)18-13-17(18)15-9-5-3-6-10-15/h3-12,14,17-18H,13H2,1-2H3,(H,22,23)/b21-19+/t17-,18-/m0/s1. The van der Waals surface area contributed by atoms with E-state index in [9.17, 15) is 4.79 Å². The van der Waals surface area contributed by atoms with Crippen LogP contribution in [0.3, 0.4) is 0 Å². The highest BCUT2D eigenvalue weighted by Crippen LogP contribution is 2.47. The molecule has 118 valence electrons. The largest absolute Gasteiger partial charge is 0.273 e. The van der Waals surface area contributed by atoms with E-state index in [0.29, 0.717) is 5.92 Å². The SMILES string of the molecule is CC(C)/C(=N\NC(=O)[C@H]1C[C@H]1c1ccccc1)c1ccccc1. The molecule has 0 radical (unpaired) electrons. The normalized spacial score (nSPS) is 20.4. The Balaban J connectivity index is 1.66. The third kappa shape index (κ3) is 3.67. The third-order valence-corrected chi connectivity index (χ3v) is 4.26. The van der Waals surface area contributed by atoms with Crippen molar-refractivity contribution in [3.63, 3.8) is 0 Å². The number of hydrogen-bond donors (Lipinski definition) is 1. The Morgan fingerprint density at radius 1 is 1.04 bits per heavy atom. The molecular weight excluding hydrogens is 284 g/mol. The number of benzene rings is 2. The van der Waals surface area contributed by atoms with Crippen LogP contribution in [0.5, 0.6) is 0 Å². The van der Waals surface area contributed by atoms with Crippen molar-refractivity contribution in [1.82, 2.24) is 5.43 Å². The van der Waals surface area contributed by atoms with Gasteiger partial charge in [0.15, 0.2) is 0 Å². The maximum atomic E-state index is 12.3. The summed E-state index contributed by atoms with van der Waals surface area (Å²) in [5.74, 6) is 0.658. The molecule has 3 heteroatoms. The van der Waals surface area contributed by atoms with Gasteiger partial charge in [0.25, 0.3) is 0 Å². The summed E-state index contributed by atoms with van der Waals surface area (Å²) in [5, 5.41) is 4.40. The van der Waals surface area contributed by atoms with E-state index in [1.807, 2.05) is 48.5 Å². The summed E-state index contributed by atoms with van der Waals surface area (Å²) in [6.45, 7) is 4.17. The van der Waals surface area contributed by atoms with E-state index in [1.165, 1.54) is 5.56 Å². The number of hydrazone groups is 1. The third-order valence-electron chi connectivity index (χ3n) is 4.26. The predicted molar refractivity (Wildman–Crippen MR) is 93.2 cm³/mol. The van der Waals surface area contributed by atoms with Crippen LogP contribution in [0.25, 0.3) is 0 Å². The molecule has 1 amide bonds. The molecule has 1 aliphatic rings. The smallest absolute Gasteiger partial charge is 0.243 e. The second kappa shape index (κ2) is 6.78. The molecule has 3 rings (SSSR count).